The first-order chi connectivity index (χ1) is 13.8. The quantitative estimate of drug-likeness (QED) is 0.654. The Kier molecular flexibility index (Phi) is 5.57. The highest BCUT2D eigenvalue weighted by molar-refractivity contribution is 5.69. The van der Waals surface area contributed by atoms with Crippen LogP contribution in [-0.2, 0) is 11.3 Å². The summed E-state index contributed by atoms with van der Waals surface area (Å²) >= 11 is 0. The van der Waals surface area contributed by atoms with E-state index in [2.05, 4.69) is 29.2 Å². The van der Waals surface area contributed by atoms with Gasteiger partial charge in [0.1, 0.15) is 6.61 Å². The molecule has 1 saturated heterocycles. The topological polar surface area (TPSA) is 32.8 Å². The Balaban J connectivity index is 1.51. The summed E-state index contributed by atoms with van der Waals surface area (Å²) in [5.41, 5.74) is 3.30. The molecule has 4 rings (SSSR count). The Labute approximate surface area is 166 Å². The predicted octanol–water partition coefficient (Wildman–Crippen LogP) is 4.89. The lowest BCUT2D eigenvalue weighted by atomic mass is 10.0. The largest absolute Gasteiger partial charge is 0.445 e. The van der Waals surface area contributed by atoms with E-state index in [1.54, 1.807) is 0 Å². The summed E-state index contributed by atoms with van der Waals surface area (Å²) in [6.45, 7) is 2.45. The molecule has 0 radical (unpaired) electrons. The Morgan fingerprint density at radius 3 is 2.11 bits per heavy atom. The molecule has 0 saturated carbocycles. The zero-order chi connectivity index (χ0) is 19.2. The Bertz CT molecular complexity index is 884. The van der Waals surface area contributed by atoms with Crippen LogP contribution in [0.2, 0.25) is 0 Å². The van der Waals surface area contributed by atoms with Gasteiger partial charge in [-0.1, -0.05) is 78.9 Å². The average molecular weight is 372 g/mol. The minimum Gasteiger partial charge on any atom is -0.445 e. The summed E-state index contributed by atoms with van der Waals surface area (Å²) in [5.74, 6) is 0. The second-order valence-corrected chi connectivity index (χ2v) is 6.94. The zero-order valence-corrected chi connectivity index (χ0v) is 15.8. The molecule has 1 atom stereocenters. The highest BCUT2D eigenvalue weighted by Crippen LogP contribution is 2.29. The third-order valence-corrected chi connectivity index (χ3v) is 5.13. The van der Waals surface area contributed by atoms with Gasteiger partial charge in [-0.15, -0.1) is 0 Å². The number of carbonyl (C=O) groups is 1. The van der Waals surface area contributed by atoms with Crippen LogP contribution in [0.3, 0.4) is 0 Å². The summed E-state index contributed by atoms with van der Waals surface area (Å²) in [6, 6.07) is 30.3. The summed E-state index contributed by atoms with van der Waals surface area (Å²) < 4.78 is 5.63. The van der Waals surface area contributed by atoms with E-state index < -0.39 is 0 Å². The van der Waals surface area contributed by atoms with Crippen LogP contribution in [-0.4, -0.2) is 30.6 Å². The van der Waals surface area contributed by atoms with Gasteiger partial charge in [-0.2, -0.15) is 0 Å². The average Bonchev–Trinajstić information content (AvgIpc) is 2.79. The summed E-state index contributed by atoms with van der Waals surface area (Å²) in [7, 11) is 0. The van der Waals surface area contributed by atoms with Gasteiger partial charge >= 0.3 is 6.09 Å². The van der Waals surface area contributed by atoms with Crippen molar-refractivity contribution in [2.75, 3.05) is 24.5 Å². The first-order valence-corrected chi connectivity index (χ1v) is 9.63. The molecule has 3 aromatic carbocycles. The molecule has 0 spiro atoms. The number of ether oxygens (including phenoxy) is 1. The van der Waals surface area contributed by atoms with E-state index in [1.807, 2.05) is 71.6 Å². The Morgan fingerprint density at radius 2 is 1.43 bits per heavy atom. The number of hydrogen-bond acceptors (Lipinski definition) is 3. The molecule has 28 heavy (non-hydrogen) atoms. The van der Waals surface area contributed by atoms with Gasteiger partial charge in [-0.05, 0) is 23.3 Å². The normalized spacial score (nSPS) is 16.6. The van der Waals surface area contributed by atoms with Gasteiger partial charge in [-0.3, -0.25) is 4.90 Å². The third kappa shape index (κ3) is 4.17. The lowest BCUT2D eigenvalue weighted by Crippen LogP contribution is -2.50. The van der Waals surface area contributed by atoms with E-state index in [0.29, 0.717) is 13.2 Å². The molecule has 1 aliphatic heterocycles. The van der Waals surface area contributed by atoms with Crippen LogP contribution in [0.4, 0.5) is 10.5 Å². The van der Waals surface area contributed by atoms with Crippen molar-refractivity contribution in [1.29, 1.82) is 0 Å². The molecule has 1 heterocycles. The number of rotatable bonds is 4. The maximum Gasteiger partial charge on any atom is 0.410 e. The molecular formula is C24H24N2O2. The van der Waals surface area contributed by atoms with Crippen molar-refractivity contribution in [3.63, 3.8) is 0 Å². The SMILES string of the molecule is O=C(OCc1ccccc1)N1CCN(c2ccccc2)CC1c1ccccc1. The van der Waals surface area contributed by atoms with E-state index in [0.717, 1.165) is 24.2 Å². The molecule has 4 heteroatoms. The molecule has 0 aromatic heterocycles. The molecular weight excluding hydrogens is 348 g/mol. The van der Waals surface area contributed by atoms with Crippen LogP contribution < -0.4 is 4.90 Å². The maximum atomic E-state index is 12.9. The molecule has 142 valence electrons. The Morgan fingerprint density at radius 1 is 0.821 bits per heavy atom. The molecule has 1 aliphatic rings. The first kappa shape index (κ1) is 18.1. The highest BCUT2D eigenvalue weighted by atomic mass is 16.6. The number of hydrogen-bond donors (Lipinski definition) is 0. The smallest absolute Gasteiger partial charge is 0.410 e. The van der Waals surface area contributed by atoms with Gasteiger partial charge < -0.3 is 9.64 Å². The highest BCUT2D eigenvalue weighted by Gasteiger charge is 2.32. The summed E-state index contributed by atoms with van der Waals surface area (Å²) in [4.78, 5) is 17.1. The van der Waals surface area contributed by atoms with Crippen molar-refractivity contribution < 1.29 is 9.53 Å². The van der Waals surface area contributed by atoms with Crippen LogP contribution in [0.5, 0.6) is 0 Å². The lowest BCUT2D eigenvalue weighted by Gasteiger charge is -2.42. The van der Waals surface area contributed by atoms with Crippen LogP contribution >= 0.6 is 0 Å². The Hall–Kier alpha value is -3.27. The zero-order valence-electron chi connectivity index (χ0n) is 15.8. The van der Waals surface area contributed by atoms with E-state index >= 15 is 0 Å². The molecule has 1 unspecified atom stereocenters. The first-order valence-electron chi connectivity index (χ1n) is 9.63. The maximum absolute atomic E-state index is 12.9. The molecule has 1 amide bonds. The van der Waals surface area contributed by atoms with E-state index in [-0.39, 0.29) is 12.1 Å². The standard InChI is InChI=1S/C24H24N2O2/c27-24(28-19-20-10-4-1-5-11-20)26-17-16-25(22-14-8-3-9-15-22)18-23(26)21-12-6-2-7-13-21/h1-15,23H,16-19H2. The molecule has 3 aromatic rings. The van der Waals surface area contributed by atoms with Gasteiger partial charge in [0.05, 0.1) is 6.04 Å². The number of piperazine rings is 1. The number of para-hydroxylation sites is 1. The van der Waals surface area contributed by atoms with Crippen LogP contribution in [0.25, 0.3) is 0 Å². The van der Waals surface area contributed by atoms with Crippen molar-refractivity contribution >= 4 is 11.8 Å². The number of carbonyl (C=O) groups excluding carboxylic acids is 1. The molecule has 0 bridgehead atoms. The van der Waals surface area contributed by atoms with Gasteiger partial charge in [0.2, 0.25) is 0 Å². The second-order valence-electron chi connectivity index (χ2n) is 6.94. The number of amides is 1. The fourth-order valence-corrected chi connectivity index (χ4v) is 3.64. The summed E-state index contributed by atoms with van der Waals surface area (Å²) in [5, 5.41) is 0. The van der Waals surface area contributed by atoms with Crippen molar-refractivity contribution in [3.05, 3.63) is 102 Å². The van der Waals surface area contributed by atoms with Gasteiger partial charge in [0.25, 0.3) is 0 Å². The lowest BCUT2D eigenvalue weighted by molar-refractivity contribution is 0.0759. The number of anilines is 1. The molecule has 4 nitrogen and oxygen atoms in total. The van der Waals surface area contributed by atoms with E-state index in [4.69, 9.17) is 4.74 Å². The van der Waals surface area contributed by atoms with Crippen LogP contribution in [0.1, 0.15) is 17.2 Å². The number of benzene rings is 3. The van der Waals surface area contributed by atoms with Crippen LogP contribution in [0, 0.1) is 0 Å². The van der Waals surface area contributed by atoms with Crippen LogP contribution in [0.15, 0.2) is 91.0 Å². The van der Waals surface area contributed by atoms with Crippen molar-refractivity contribution in [2.24, 2.45) is 0 Å². The van der Waals surface area contributed by atoms with Gasteiger partial charge in [0, 0.05) is 25.3 Å². The fraction of sp³-hybridized carbons (Fsp3) is 0.208. The minimum absolute atomic E-state index is 0.0431. The second kappa shape index (κ2) is 8.61. The van der Waals surface area contributed by atoms with Gasteiger partial charge in [-0.25, -0.2) is 4.79 Å². The monoisotopic (exact) mass is 372 g/mol. The molecule has 0 aliphatic carbocycles. The molecule has 1 fully saturated rings. The van der Waals surface area contributed by atoms with Crippen molar-refractivity contribution in [3.8, 4) is 0 Å². The third-order valence-electron chi connectivity index (χ3n) is 5.13. The van der Waals surface area contributed by atoms with E-state index in [9.17, 15) is 4.79 Å². The summed E-state index contributed by atoms with van der Waals surface area (Å²) in [6.07, 6.45) is -0.259. The fourth-order valence-electron chi connectivity index (χ4n) is 3.64. The number of nitrogens with zero attached hydrogens (tertiary/aromatic N) is 2. The van der Waals surface area contributed by atoms with Gasteiger partial charge in [0.15, 0.2) is 0 Å². The van der Waals surface area contributed by atoms with Crippen molar-refractivity contribution in [2.45, 2.75) is 12.6 Å². The van der Waals surface area contributed by atoms with Crippen molar-refractivity contribution in [1.82, 2.24) is 4.90 Å². The van der Waals surface area contributed by atoms with E-state index in [1.165, 1.54) is 5.69 Å². The molecule has 0 N–H and O–H groups in total. The predicted molar refractivity (Wildman–Crippen MR) is 111 cm³/mol. The minimum atomic E-state index is -0.259.